The molecule has 1 aromatic heterocycles. The first kappa shape index (κ1) is 15.3. The van der Waals surface area contributed by atoms with Crippen molar-refractivity contribution in [2.45, 2.75) is 19.5 Å². The van der Waals surface area contributed by atoms with Crippen LogP contribution in [0.4, 0.5) is 5.69 Å². The zero-order valence-corrected chi connectivity index (χ0v) is 13.0. The van der Waals surface area contributed by atoms with Crippen LogP contribution in [0.2, 0.25) is 5.02 Å². The highest BCUT2D eigenvalue weighted by Gasteiger charge is 2.22. The van der Waals surface area contributed by atoms with Gasteiger partial charge in [-0.3, -0.25) is 9.69 Å². The van der Waals surface area contributed by atoms with Gasteiger partial charge in [0.05, 0.1) is 11.9 Å². The number of nitrogens with one attached hydrogen (secondary N) is 1. The summed E-state index contributed by atoms with van der Waals surface area (Å²) < 4.78 is 1.36. The van der Waals surface area contributed by atoms with E-state index in [-0.39, 0.29) is 10.6 Å². The SMILES string of the molecule is CCn1ncc(NCC2CN(C)CCN2C)c(Cl)c1=O. The predicted octanol–water partition coefficient (Wildman–Crippen LogP) is 0.574. The smallest absolute Gasteiger partial charge is 0.287 e. The van der Waals surface area contributed by atoms with Gasteiger partial charge < -0.3 is 10.2 Å². The van der Waals surface area contributed by atoms with E-state index in [4.69, 9.17) is 11.6 Å². The minimum absolute atomic E-state index is 0.216. The van der Waals surface area contributed by atoms with Crippen LogP contribution in [0.3, 0.4) is 0 Å². The molecule has 1 atom stereocenters. The van der Waals surface area contributed by atoms with Crippen molar-refractivity contribution in [2.24, 2.45) is 0 Å². The molecule has 1 aromatic rings. The molecule has 20 heavy (non-hydrogen) atoms. The zero-order chi connectivity index (χ0) is 14.7. The number of aromatic nitrogens is 2. The monoisotopic (exact) mass is 299 g/mol. The molecular formula is C13H22ClN5O. The lowest BCUT2D eigenvalue weighted by Crippen LogP contribution is -2.52. The van der Waals surface area contributed by atoms with E-state index in [0.717, 1.165) is 26.2 Å². The average molecular weight is 300 g/mol. The summed E-state index contributed by atoms with van der Waals surface area (Å²) in [6.07, 6.45) is 1.62. The minimum atomic E-state index is -0.242. The summed E-state index contributed by atoms with van der Waals surface area (Å²) in [5.41, 5.74) is 0.372. The van der Waals surface area contributed by atoms with Crippen LogP contribution in [0.15, 0.2) is 11.0 Å². The molecule has 0 aromatic carbocycles. The van der Waals surface area contributed by atoms with Gasteiger partial charge in [-0.1, -0.05) is 11.6 Å². The van der Waals surface area contributed by atoms with Crippen molar-refractivity contribution in [2.75, 3.05) is 45.6 Å². The van der Waals surface area contributed by atoms with Gasteiger partial charge in [-0.05, 0) is 21.0 Å². The van der Waals surface area contributed by atoms with Gasteiger partial charge in [0.15, 0.2) is 0 Å². The summed E-state index contributed by atoms with van der Waals surface area (Å²) in [6, 6.07) is 0.401. The van der Waals surface area contributed by atoms with Crippen molar-refractivity contribution in [1.29, 1.82) is 0 Å². The molecule has 0 amide bonds. The molecule has 2 rings (SSSR count). The summed E-state index contributed by atoms with van der Waals surface area (Å²) >= 11 is 6.10. The van der Waals surface area contributed by atoms with Gasteiger partial charge in [0.1, 0.15) is 5.02 Å². The van der Waals surface area contributed by atoms with Crippen molar-refractivity contribution in [3.05, 3.63) is 21.6 Å². The minimum Gasteiger partial charge on any atom is -0.381 e. The maximum atomic E-state index is 11.9. The van der Waals surface area contributed by atoms with Crippen molar-refractivity contribution in [3.8, 4) is 0 Å². The highest BCUT2D eigenvalue weighted by molar-refractivity contribution is 6.32. The van der Waals surface area contributed by atoms with Crippen LogP contribution in [0.25, 0.3) is 0 Å². The molecule has 1 aliphatic rings. The van der Waals surface area contributed by atoms with E-state index in [1.165, 1.54) is 4.68 Å². The van der Waals surface area contributed by atoms with Crippen LogP contribution in [-0.2, 0) is 6.54 Å². The maximum Gasteiger partial charge on any atom is 0.287 e. The third kappa shape index (κ3) is 3.31. The van der Waals surface area contributed by atoms with Gasteiger partial charge >= 0.3 is 0 Å². The van der Waals surface area contributed by atoms with E-state index in [0.29, 0.717) is 18.3 Å². The Morgan fingerprint density at radius 3 is 2.90 bits per heavy atom. The second-order valence-electron chi connectivity index (χ2n) is 5.27. The quantitative estimate of drug-likeness (QED) is 0.881. The fourth-order valence-corrected chi connectivity index (χ4v) is 2.58. The summed E-state index contributed by atoms with van der Waals surface area (Å²) in [4.78, 5) is 16.5. The Hall–Kier alpha value is -1.11. The molecule has 0 bridgehead atoms. The summed E-state index contributed by atoms with van der Waals surface area (Å²) in [5.74, 6) is 0. The number of hydrogen-bond acceptors (Lipinski definition) is 5. The van der Waals surface area contributed by atoms with Crippen molar-refractivity contribution >= 4 is 17.3 Å². The Kier molecular flexibility index (Phi) is 5.01. The van der Waals surface area contributed by atoms with E-state index in [1.54, 1.807) is 6.20 Å². The van der Waals surface area contributed by atoms with Crippen LogP contribution in [-0.4, -0.2) is 65.9 Å². The van der Waals surface area contributed by atoms with Crippen LogP contribution in [0.5, 0.6) is 0 Å². The second kappa shape index (κ2) is 6.56. The van der Waals surface area contributed by atoms with Gasteiger partial charge in [0.25, 0.3) is 5.56 Å². The first-order valence-electron chi connectivity index (χ1n) is 6.91. The number of halogens is 1. The average Bonchev–Trinajstić information content (AvgIpc) is 2.44. The molecule has 112 valence electrons. The van der Waals surface area contributed by atoms with Gasteiger partial charge in [0.2, 0.25) is 0 Å². The fourth-order valence-electron chi connectivity index (χ4n) is 2.36. The largest absolute Gasteiger partial charge is 0.381 e. The van der Waals surface area contributed by atoms with Crippen molar-refractivity contribution < 1.29 is 0 Å². The zero-order valence-electron chi connectivity index (χ0n) is 12.3. The van der Waals surface area contributed by atoms with E-state index in [9.17, 15) is 4.79 Å². The normalized spacial score (nSPS) is 21.1. The summed E-state index contributed by atoms with van der Waals surface area (Å²) in [5, 5.41) is 7.55. The fraction of sp³-hybridized carbons (Fsp3) is 0.692. The maximum absolute atomic E-state index is 11.9. The molecule has 0 spiro atoms. The van der Waals surface area contributed by atoms with Crippen molar-refractivity contribution in [3.63, 3.8) is 0 Å². The Balaban J connectivity index is 2.04. The first-order chi connectivity index (χ1) is 9.52. The number of anilines is 1. The number of piperazine rings is 1. The Morgan fingerprint density at radius 2 is 2.20 bits per heavy atom. The van der Waals surface area contributed by atoms with Gasteiger partial charge in [-0.15, -0.1) is 0 Å². The summed E-state index contributed by atoms with van der Waals surface area (Å²) in [6.45, 7) is 6.27. The van der Waals surface area contributed by atoms with Gasteiger partial charge in [-0.2, -0.15) is 5.10 Å². The van der Waals surface area contributed by atoms with Gasteiger partial charge in [-0.25, -0.2) is 4.68 Å². The van der Waals surface area contributed by atoms with E-state index in [2.05, 4.69) is 34.3 Å². The third-order valence-corrected chi connectivity index (χ3v) is 4.16. The molecule has 1 unspecified atom stereocenters. The summed E-state index contributed by atoms with van der Waals surface area (Å²) in [7, 11) is 4.24. The van der Waals surface area contributed by atoms with E-state index < -0.39 is 0 Å². The first-order valence-corrected chi connectivity index (χ1v) is 7.29. The molecule has 0 aliphatic carbocycles. The highest BCUT2D eigenvalue weighted by atomic mass is 35.5. The number of rotatable bonds is 4. The van der Waals surface area contributed by atoms with E-state index in [1.807, 2.05) is 6.92 Å². The Morgan fingerprint density at radius 1 is 1.45 bits per heavy atom. The Bertz CT molecular complexity index is 518. The number of aryl methyl sites for hydroxylation is 1. The Labute approximate surface area is 124 Å². The molecule has 1 aliphatic heterocycles. The number of hydrogen-bond donors (Lipinski definition) is 1. The van der Waals surface area contributed by atoms with Crippen LogP contribution in [0.1, 0.15) is 6.92 Å². The number of likely N-dealkylation sites (N-methyl/N-ethyl adjacent to an activating group) is 2. The molecule has 7 heteroatoms. The molecule has 0 radical (unpaired) electrons. The molecule has 1 saturated heterocycles. The lowest BCUT2D eigenvalue weighted by Gasteiger charge is -2.37. The molecular weight excluding hydrogens is 278 g/mol. The second-order valence-corrected chi connectivity index (χ2v) is 5.65. The van der Waals surface area contributed by atoms with Crippen LogP contribution < -0.4 is 10.9 Å². The van der Waals surface area contributed by atoms with Crippen LogP contribution >= 0.6 is 11.6 Å². The molecule has 1 fully saturated rings. The van der Waals surface area contributed by atoms with Gasteiger partial charge in [0, 0.05) is 38.8 Å². The topological polar surface area (TPSA) is 53.4 Å². The molecule has 1 N–H and O–H groups in total. The lowest BCUT2D eigenvalue weighted by atomic mass is 10.2. The predicted molar refractivity (Wildman–Crippen MR) is 81.6 cm³/mol. The standard InChI is InChI=1S/C13H22ClN5O/c1-4-19-13(20)12(14)11(8-16-19)15-7-10-9-17(2)5-6-18(10)3/h8,10,15H,4-7,9H2,1-3H3. The molecule has 2 heterocycles. The van der Waals surface area contributed by atoms with Crippen LogP contribution in [0, 0.1) is 0 Å². The third-order valence-electron chi connectivity index (χ3n) is 3.79. The molecule has 6 nitrogen and oxygen atoms in total. The number of nitrogens with zero attached hydrogens (tertiary/aromatic N) is 4. The lowest BCUT2D eigenvalue weighted by molar-refractivity contribution is 0.122. The highest BCUT2D eigenvalue weighted by Crippen LogP contribution is 2.16. The van der Waals surface area contributed by atoms with Crippen molar-refractivity contribution in [1.82, 2.24) is 19.6 Å². The molecule has 0 saturated carbocycles. The van der Waals surface area contributed by atoms with E-state index >= 15 is 0 Å².